The number of rotatable bonds is 5. The monoisotopic (exact) mass is 475 g/mol. The lowest BCUT2D eigenvalue weighted by molar-refractivity contribution is -0.135. The second kappa shape index (κ2) is 10.6. The van der Waals surface area contributed by atoms with Crippen LogP contribution >= 0.6 is 0 Å². The Bertz CT molecular complexity index is 853. The molecule has 0 radical (unpaired) electrons. The number of carbonyl (C=O) groups excluding carboxylic acids is 2. The zero-order valence-corrected chi connectivity index (χ0v) is 20.7. The molecule has 2 heterocycles. The Balaban J connectivity index is 1.41. The lowest BCUT2D eigenvalue weighted by Crippen LogP contribution is -2.50. The Hall–Kier alpha value is -2.19. The van der Waals surface area contributed by atoms with E-state index in [4.69, 9.17) is 9.47 Å². The molecule has 0 bridgehead atoms. The van der Waals surface area contributed by atoms with Crippen LogP contribution in [0.4, 0.5) is 9.18 Å². The minimum Gasteiger partial charge on any atom is -0.444 e. The fourth-order valence-corrected chi connectivity index (χ4v) is 4.95. The highest BCUT2D eigenvalue weighted by atomic mass is 19.1. The number of carbonyl (C=O) groups is 2. The van der Waals surface area contributed by atoms with Crippen LogP contribution in [0.25, 0.3) is 0 Å². The van der Waals surface area contributed by atoms with Gasteiger partial charge in [0, 0.05) is 38.6 Å². The maximum absolute atomic E-state index is 13.6. The number of likely N-dealkylation sites (tertiary alicyclic amines) is 1. The van der Waals surface area contributed by atoms with E-state index in [2.05, 4.69) is 4.90 Å². The first-order valence-electron chi connectivity index (χ1n) is 12.6. The summed E-state index contributed by atoms with van der Waals surface area (Å²) >= 11 is 0. The highest BCUT2D eigenvalue weighted by molar-refractivity contribution is 5.86. The van der Waals surface area contributed by atoms with Crippen molar-refractivity contribution < 1.29 is 23.5 Å². The Morgan fingerprint density at radius 1 is 1.03 bits per heavy atom. The molecule has 2 saturated heterocycles. The van der Waals surface area contributed by atoms with Gasteiger partial charge >= 0.3 is 6.09 Å². The summed E-state index contributed by atoms with van der Waals surface area (Å²) in [6.45, 7) is 9.39. The molecule has 0 unspecified atom stereocenters. The normalized spacial score (nSPS) is 24.6. The Morgan fingerprint density at radius 2 is 1.76 bits per heavy atom. The van der Waals surface area contributed by atoms with Gasteiger partial charge in [0.1, 0.15) is 17.5 Å². The second-order valence-electron chi connectivity index (χ2n) is 10.7. The molecule has 3 aliphatic rings. The van der Waals surface area contributed by atoms with E-state index in [1.165, 1.54) is 36.3 Å². The van der Waals surface area contributed by atoms with Crippen molar-refractivity contribution in [2.75, 3.05) is 32.7 Å². The van der Waals surface area contributed by atoms with Crippen LogP contribution in [-0.4, -0.2) is 83.2 Å². The molecule has 0 spiro atoms. The molecular weight excluding hydrogens is 437 g/mol. The van der Waals surface area contributed by atoms with Crippen LogP contribution in [0.2, 0.25) is 0 Å². The molecule has 1 saturated carbocycles. The van der Waals surface area contributed by atoms with Crippen LogP contribution in [0.1, 0.15) is 58.4 Å². The predicted molar refractivity (Wildman–Crippen MR) is 127 cm³/mol. The maximum Gasteiger partial charge on any atom is 0.411 e. The van der Waals surface area contributed by atoms with Gasteiger partial charge in [0.05, 0.1) is 19.3 Å². The lowest BCUT2D eigenvalue weighted by atomic mass is 9.91. The quantitative estimate of drug-likeness (QED) is 0.648. The molecule has 1 aromatic rings. The van der Waals surface area contributed by atoms with Gasteiger partial charge in [-0.2, -0.15) is 0 Å². The summed E-state index contributed by atoms with van der Waals surface area (Å²) in [7, 11) is 0. The third kappa shape index (κ3) is 6.27. The van der Waals surface area contributed by atoms with Crippen LogP contribution in [0, 0.1) is 5.82 Å². The predicted octanol–water partition coefficient (Wildman–Crippen LogP) is 3.81. The van der Waals surface area contributed by atoms with Gasteiger partial charge in [-0.1, -0.05) is 18.6 Å². The van der Waals surface area contributed by atoms with Crippen LogP contribution < -0.4 is 0 Å². The molecule has 1 aromatic carbocycles. The van der Waals surface area contributed by atoms with E-state index in [0.717, 1.165) is 25.1 Å². The third-order valence-electron chi connectivity index (χ3n) is 7.01. The van der Waals surface area contributed by atoms with E-state index in [9.17, 15) is 14.0 Å². The van der Waals surface area contributed by atoms with Gasteiger partial charge < -0.3 is 14.4 Å². The standard InChI is InChI=1S/C26H38FN3O4/c1-26(2,3)34-25(32)30-17-22(33-18-19-8-10-20(27)11-9-19)16-23(30)24(31)29-13-5-12-28(14-15-29)21-6-4-7-21/h8-11,21-23H,4-7,12-18H2,1-3H3/t22-,23+/m0/s1. The number of ether oxygens (including phenoxy) is 2. The summed E-state index contributed by atoms with van der Waals surface area (Å²) in [5.41, 5.74) is 0.201. The molecule has 188 valence electrons. The molecule has 3 fully saturated rings. The van der Waals surface area contributed by atoms with Crippen molar-refractivity contribution in [3.63, 3.8) is 0 Å². The van der Waals surface area contributed by atoms with Gasteiger partial charge in [-0.25, -0.2) is 9.18 Å². The fraction of sp³-hybridized carbons (Fsp3) is 0.692. The van der Waals surface area contributed by atoms with E-state index in [1.807, 2.05) is 25.7 Å². The van der Waals surface area contributed by atoms with Crippen molar-refractivity contribution in [3.8, 4) is 0 Å². The van der Waals surface area contributed by atoms with Crippen molar-refractivity contribution >= 4 is 12.0 Å². The van der Waals surface area contributed by atoms with Gasteiger partial charge in [-0.05, 0) is 57.7 Å². The summed E-state index contributed by atoms with van der Waals surface area (Å²) in [6.07, 6.45) is 4.44. The molecule has 0 N–H and O–H groups in total. The van der Waals surface area contributed by atoms with Gasteiger partial charge in [0.15, 0.2) is 0 Å². The van der Waals surface area contributed by atoms with E-state index in [-0.39, 0.29) is 17.8 Å². The maximum atomic E-state index is 13.6. The lowest BCUT2D eigenvalue weighted by Gasteiger charge is -2.37. The topological polar surface area (TPSA) is 62.3 Å². The first kappa shape index (κ1) is 24.9. The average Bonchev–Trinajstić information content (AvgIpc) is 3.03. The number of hydrogen-bond acceptors (Lipinski definition) is 5. The third-order valence-corrected chi connectivity index (χ3v) is 7.01. The highest BCUT2D eigenvalue weighted by Crippen LogP contribution is 2.28. The summed E-state index contributed by atoms with van der Waals surface area (Å²) in [6, 6.07) is 6.25. The van der Waals surface area contributed by atoms with E-state index in [1.54, 1.807) is 12.1 Å². The number of hydrogen-bond donors (Lipinski definition) is 0. The molecule has 2 atom stereocenters. The minimum atomic E-state index is -0.649. The van der Waals surface area contributed by atoms with Gasteiger partial charge in [-0.15, -0.1) is 0 Å². The fourth-order valence-electron chi connectivity index (χ4n) is 4.95. The molecule has 8 heteroatoms. The first-order chi connectivity index (χ1) is 16.2. The highest BCUT2D eigenvalue weighted by Gasteiger charge is 2.44. The number of halogens is 1. The van der Waals surface area contributed by atoms with Gasteiger partial charge in [0.25, 0.3) is 0 Å². The van der Waals surface area contributed by atoms with Crippen LogP contribution in [0.5, 0.6) is 0 Å². The van der Waals surface area contributed by atoms with Crippen LogP contribution in [0.3, 0.4) is 0 Å². The van der Waals surface area contributed by atoms with Gasteiger partial charge in [0.2, 0.25) is 5.91 Å². The molecule has 7 nitrogen and oxygen atoms in total. The van der Waals surface area contributed by atoms with Crippen molar-refractivity contribution in [3.05, 3.63) is 35.6 Å². The molecule has 2 amide bonds. The molecule has 4 rings (SSSR count). The Morgan fingerprint density at radius 3 is 2.41 bits per heavy atom. The smallest absolute Gasteiger partial charge is 0.411 e. The molecule has 0 aromatic heterocycles. The van der Waals surface area contributed by atoms with Crippen molar-refractivity contribution in [2.45, 2.75) is 83.3 Å². The summed E-state index contributed by atoms with van der Waals surface area (Å²) < 4.78 is 24.9. The Kier molecular flexibility index (Phi) is 7.77. The number of amides is 2. The zero-order valence-electron chi connectivity index (χ0n) is 20.7. The summed E-state index contributed by atoms with van der Waals surface area (Å²) in [5.74, 6) is -0.311. The summed E-state index contributed by atoms with van der Waals surface area (Å²) in [4.78, 5) is 32.6. The SMILES string of the molecule is CC(C)(C)OC(=O)N1C[C@@H](OCc2ccc(F)cc2)C[C@@H]1C(=O)N1CCCN(C2CCC2)CC1. The number of nitrogens with zero attached hydrogens (tertiary/aromatic N) is 3. The Labute approximate surface area is 202 Å². The van der Waals surface area contributed by atoms with E-state index >= 15 is 0 Å². The largest absolute Gasteiger partial charge is 0.444 e. The van der Waals surface area contributed by atoms with Gasteiger partial charge in [-0.3, -0.25) is 14.6 Å². The average molecular weight is 476 g/mol. The number of benzene rings is 1. The molecular formula is C26H38FN3O4. The second-order valence-corrected chi connectivity index (χ2v) is 10.7. The summed E-state index contributed by atoms with van der Waals surface area (Å²) in [5, 5.41) is 0. The van der Waals surface area contributed by atoms with E-state index < -0.39 is 17.7 Å². The first-order valence-corrected chi connectivity index (χ1v) is 12.6. The molecule has 34 heavy (non-hydrogen) atoms. The zero-order chi connectivity index (χ0) is 24.3. The van der Waals surface area contributed by atoms with Crippen molar-refractivity contribution in [1.82, 2.24) is 14.7 Å². The van der Waals surface area contributed by atoms with E-state index in [0.29, 0.717) is 38.7 Å². The van der Waals surface area contributed by atoms with Crippen molar-refractivity contribution in [2.24, 2.45) is 0 Å². The van der Waals surface area contributed by atoms with Crippen molar-refractivity contribution in [1.29, 1.82) is 0 Å². The van der Waals surface area contributed by atoms with Crippen LogP contribution in [-0.2, 0) is 20.9 Å². The minimum absolute atomic E-state index is 0.0193. The van der Waals surface area contributed by atoms with Crippen LogP contribution in [0.15, 0.2) is 24.3 Å². The molecule has 1 aliphatic carbocycles. The molecule has 2 aliphatic heterocycles.